The molecule has 1 aliphatic heterocycles. The number of rotatable bonds is 11. The second kappa shape index (κ2) is 11.9. The summed E-state index contributed by atoms with van der Waals surface area (Å²) in [6, 6.07) is 11.3. The number of hydrogen-bond acceptors (Lipinski definition) is 9. The van der Waals surface area contributed by atoms with E-state index in [0.717, 1.165) is 5.56 Å². The molecular weight excluding hydrogens is 520 g/mol. The van der Waals surface area contributed by atoms with E-state index in [4.69, 9.17) is 33.2 Å². The lowest BCUT2D eigenvalue weighted by molar-refractivity contribution is -0.130. The first kappa shape index (κ1) is 28.2. The summed E-state index contributed by atoms with van der Waals surface area (Å²) in [6.45, 7) is 1.77. The van der Waals surface area contributed by atoms with Crippen molar-refractivity contribution in [1.82, 2.24) is 0 Å². The fraction of sp³-hybridized carbons (Fsp3) is 0.267. The molecular formula is C30H30O10. The molecule has 0 saturated heterocycles. The number of carboxylic acid groups (broad SMARTS) is 1. The van der Waals surface area contributed by atoms with E-state index in [1.165, 1.54) is 47.7 Å². The van der Waals surface area contributed by atoms with E-state index in [1.54, 1.807) is 37.3 Å². The van der Waals surface area contributed by atoms with Crippen LogP contribution in [0.1, 0.15) is 27.0 Å². The third-order valence-electron chi connectivity index (χ3n) is 6.50. The lowest BCUT2D eigenvalue weighted by atomic mass is 9.88. The van der Waals surface area contributed by atoms with Crippen LogP contribution >= 0.6 is 0 Å². The van der Waals surface area contributed by atoms with Gasteiger partial charge in [0.15, 0.2) is 28.8 Å². The number of aliphatic carboxylic acids is 1. The van der Waals surface area contributed by atoms with Gasteiger partial charge in [0.2, 0.25) is 18.3 Å². The molecule has 10 heteroatoms. The van der Waals surface area contributed by atoms with Crippen molar-refractivity contribution in [3.05, 3.63) is 70.3 Å². The first-order valence-electron chi connectivity index (χ1n) is 12.2. The Balaban J connectivity index is 1.97. The highest BCUT2D eigenvalue weighted by Gasteiger charge is 2.29. The van der Waals surface area contributed by atoms with Crippen molar-refractivity contribution in [3.63, 3.8) is 0 Å². The Morgan fingerprint density at radius 2 is 1.43 bits per heavy atom. The number of carbonyl (C=O) groups excluding carboxylic acids is 1. The van der Waals surface area contributed by atoms with E-state index in [0.29, 0.717) is 45.6 Å². The number of carbonyl (C=O) groups is 2. The zero-order valence-electron chi connectivity index (χ0n) is 23.1. The summed E-state index contributed by atoms with van der Waals surface area (Å²) in [6.07, 6.45) is -0.0704. The third kappa shape index (κ3) is 5.33. The number of carboxylic acids is 1. The van der Waals surface area contributed by atoms with Gasteiger partial charge in [-0.05, 0) is 66.1 Å². The van der Waals surface area contributed by atoms with Crippen LogP contribution in [0.4, 0.5) is 0 Å². The average molecular weight is 551 g/mol. The van der Waals surface area contributed by atoms with E-state index < -0.39 is 11.8 Å². The second-order valence-electron chi connectivity index (χ2n) is 8.79. The highest BCUT2D eigenvalue weighted by molar-refractivity contribution is 6.26. The van der Waals surface area contributed by atoms with Crippen LogP contribution in [0.2, 0.25) is 0 Å². The number of methoxy groups -OCH3 is 5. The van der Waals surface area contributed by atoms with Crippen LogP contribution in [0.5, 0.6) is 40.2 Å². The molecule has 1 N–H and O–H groups in total. The van der Waals surface area contributed by atoms with E-state index in [9.17, 15) is 14.7 Å². The normalized spacial score (nSPS) is 12.3. The summed E-state index contributed by atoms with van der Waals surface area (Å²) in [5, 5.41) is 10.5. The number of allylic oxidation sites excluding steroid dienone is 1. The van der Waals surface area contributed by atoms with Crippen molar-refractivity contribution in [2.45, 2.75) is 13.3 Å². The molecule has 4 rings (SSSR count). The van der Waals surface area contributed by atoms with Gasteiger partial charge >= 0.3 is 5.97 Å². The number of Topliss-reactive ketones (excluding diaryl/α,β-unsaturated/α-hetero) is 1. The van der Waals surface area contributed by atoms with E-state index >= 15 is 0 Å². The molecule has 0 radical (unpaired) electrons. The van der Waals surface area contributed by atoms with Gasteiger partial charge in [-0.1, -0.05) is 0 Å². The standard InChI is InChI=1S/C30H30O10/c1-16-9-18(7-8-21(16)34-2)27(31)20(10-17-11-22(35-3)28(38-6)23(12-17)36-4)26(30(32)33)19-13-24(37-5)29-25(14-19)39-15-40-29/h7-9,11-14H,10,15H2,1-6H3,(H,32,33)/b26-20-. The Bertz CT molecular complexity index is 1460. The summed E-state index contributed by atoms with van der Waals surface area (Å²) < 4.78 is 38.1. The van der Waals surface area contributed by atoms with Gasteiger partial charge in [0.25, 0.3) is 0 Å². The molecule has 0 fully saturated rings. The minimum atomic E-state index is -1.30. The first-order valence-corrected chi connectivity index (χ1v) is 12.2. The van der Waals surface area contributed by atoms with E-state index in [2.05, 4.69) is 0 Å². The van der Waals surface area contributed by atoms with Gasteiger partial charge in [0, 0.05) is 17.6 Å². The van der Waals surface area contributed by atoms with Crippen LogP contribution in [0, 0.1) is 6.92 Å². The van der Waals surface area contributed by atoms with E-state index in [-0.39, 0.29) is 35.7 Å². The van der Waals surface area contributed by atoms with Crippen molar-refractivity contribution in [1.29, 1.82) is 0 Å². The Kier molecular flexibility index (Phi) is 8.37. The summed E-state index contributed by atoms with van der Waals surface area (Å²) in [5.41, 5.74) is 1.61. The number of ketones is 1. The zero-order chi connectivity index (χ0) is 29.0. The molecule has 1 aliphatic rings. The lowest BCUT2D eigenvalue weighted by Crippen LogP contribution is -2.14. The molecule has 210 valence electrons. The van der Waals surface area contributed by atoms with Crippen LogP contribution in [0.25, 0.3) is 5.57 Å². The number of aryl methyl sites for hydroxylation is 1. The molecule has 40 heavy (non-hydrogen) atoms. The van der Waals surface area contributed by atoms with Crippen molar-refractivity contribution in [2.24, 2.45) is 0 Å². The van der Waals surface area contributed by atoms with Crippen LogP contribution in [-0.2, 0) is 11.2 Å². The summed E-state index contributed by atoms with van der Waals surface area (Å²) in [7, 11) is 7.41. The molecule has 0 atom stereocenters. The maximum atomic E-state index is 14.1. The number of hydrogen-bond donors (Lipinski definition) is 1. The van der Waals surface area contributed by atoms with Gasteiger partial charge in [0.05, 0.1) is 41.1 Å². The van der Waals surface area contributed by atoms with Crippen LogP contribution < -0.4 is 33.2 Å². The highest BCUT2D eigenvalue weighted by atomic mass is 16.7. The molecule has 0 aromatic heterocycles. The molecule has 3 aromatic rings. The van der Waals surface area contributed by atoms with Crippen molar-refractivity contribution in [3.8, 4) is 40.2 Å². The fourth-order valence-corrected chi connectivity index (χ4v) is 4.62. The summed E-state index contributed by atoms with van der Waals surface area (Å²) in [4.78, 5) is 27.0. The average Bonchev–Trinajstić information content (AvgIpc) is 3.44. The Labute approximate surface area is 231 Å². The van der Waals surface area contributed by atoms with E-state index in [1.807, 2.05) is 0 Å². The minimum absolute atomic E-state index is 0.0206. The van der Waals surface area contributed by atoms with Gasteiger partial charge in [-0.2, -0.15) is 0 Å². The summed E-state index contributed by atoms with van der Waals surface area (Å²) >= 11 is 0. The maximum Gasteiger partial charge on any atom is 0.336 e. The largest absolute Gasteiger partial charge is 0.496 e. The SMILES string of the molecule is COc1ccc(C(=O)/C(Cc2cc(OC)c(OC)c(OC)c2)=C(\C(=O)O)c2cc(OC)c3c(c2)OCO3)cc1C. The first-order chi connectivity index (χ1) is 19.3. The molecule has 10 nitrogen and oxygen atoms in total. The monoisotopic (exact) mass is 550 g/mol. The number of fused-ring (bicyclic) bond motifs is 1. The predicted octanol–water partition coefficient (Wildman–Crippen LogP) is 4.73. The molecule has 0 aliphatic carbocycles. The van der Waals surface area contributed by atoms with Gasteiger partial charge in [-0.25, -0.2) is 4.79 Å². The molecule has 0 unspecified atom stereocenters. The molecule has 0 spiro atoms. The Morgan fingerprint density at radius 1 is 0.775 bits per heavy atom. The Morgan fingerprint density at radius 3 is 1.98 bits per heavy atom. The van der Waals surface area contributed by atoms with Gasteiger partial charge in [-0.15, -0.1) is 0 Å². The maximum absolute atomic E-state index is 14.1. The third-order valence-corrected chi connectivity index (χ3v) is 6.50. The molecule has 0 amide bonds. The number of ether oxygens (including phenoxy) is 7. The van der Waals surface area contributed by atoms with Crippen molar-refractivity contribution in [2.75, 3.05) is 42.3 Å². The highest BCUT2D eigenvalue weighted by Crippen LogP contribution is 2.44. The smallest absolute Gasteiger partial charge is 0.336 e. The van der Waals surface area contributed by atoms with Crippen molar-refractivity contribution < 1.29 is 47.9 Å². The van der Waals surface area contributed by atoms with Gasteiger partial charge in [-0.3, -0.25) is 4.79 Å². The predicted molar refractivity (Wildman–Crippen MR) is 146 cm³/mol. The molecule has 3 aromatic carbocycles. The zero-order valence-corrected chi connectivity index (χ0v) is 23.1. The van der Waals surface area contributed by atoms with Crippen LogP contribution in [0.15, 0.2) is 48.0 Å². The molecule has 0 bridgehead atoms. The van der Waals surface area contributed by atoms with Crippen LogP contribution in [0.3, 0.4) is 0 Å². The van der Waals surface area contributed by atoms with Crippen LogP contribution in [-0.4, -0.2) is 59.2 Å². The minimum Gasteiger partial charge on any atom is -0.496 e. The van der Waals surface area contributed by atoms with Gasteiger partial charge in [0.1, 0.15) is 5.75 Å². The van der Waals surface area contributed by atoms with Crippen molar-refractivity contribution >= 4 is 17.3 Å². The fourth-order valence-electron chi connectivity index (χ4n) is 4.62. The quantitative estimate of drug-likeness (QED) is 0.265. The lowest BCUT2D eigenvalue weighted by Gasteiger charge is -2.17. The molecule has 0 saturated carbocycles. The second-order valence-corrected chi connectivity index (χ2v) is 8.79. The Hall–Kier alpha value is -4.86. The number of benzene rings is 3. The molecule has 1 heterocycles. The topological polar surface area (TPSA) is 119 Å². The summed E-state index contributed by atoms with van der Waals surface area (Å²) in [5.74, 6) is 0.878. The van der Waals surface area contributed by atoms with Gasteiger partial charge < -0.3 is 38.3 Å².